The highest BCUT2D eigenvalue weighted by Crippen LogP contribution is 2.36. The van der Waals surface area contributed by atoms with E-state index in [0.717, 1.165) is 24.8 Å². The van der Waals surface area contributed by atoms with E-state index in [9.17, 15) is 13.2 Å². The van der Waals surface area contributed by atoms with Gasteiger partial charge >= 0.3 is 6.18 Å². The van der Waals surface area contributed by atoms with Crippen molar-refractivity contribution in [2.24, 2.45) is 0 Å². The zero-order chi connectivity index (χ0) is 20.9. The fourth-order valence-corrected chi connectivity index (χ4v) is 3.11. The minimum atomic E-state index is -4.58. The van der Waals surface area contributed by atoms with E-state index in [1.807, 2.05) is 19.1 Å². The summed E-state index contributed by atoms with van der Waals surface area (Å²) in [6.07, 6.45) is 2.36. The SMILES string of the molecule is CCC(C)Oc1nc(Nc2ccc(OC3CCCCC3)cc2)ncc1C(F)(F)F. The molecule has 0 bridgehead atoms. The number of halogens is 3. The van der Waals surface area contributed by atoms with E-state index in [1.54, 1.807) is 19.1 Å². The molecular weight excluding hydrogens is 383 g/mol. The minimum absolute atomic E-state index is 0.0391. The summed E-state index contributed by atoms with van der Waals surface area (Å²) in [6, 6.07) is 7.23. The highest BCUT2D eigenvalue weighted by Gasteiger charge is 2.36. The monoisotopic (exact) mass is 409 g/mol. The number of benzene rings is 1. The van der Waals surface area contributed by atoms with E-state index in [2.05, 4.69) is 15.3 Å². The van der Waals surface area contributed by atoms with Crippen LogP contribution < -0.4 is 14.8 Å². The lowest BCUT2D eigenvalue weighted by atomic mass is 9.98. The van der Waals surface area contributed by atoms with Gasteiger partial charge in [-0.1, -0.05) is 13.3 Å². The lowest BCUT2D eigenvalue weighted by Gasteiger charge is -2.23. The van der Waals surface area contributed by atoms with Gasteiger partial charge < -0.3 is 14.8 Å². The summed E-state index contributed by atoms with van der Waals surface area (Å²) in [7, 11) is 0. The maximum absolute atomic E-state index is 13.2. The first-order chi connectivity index (χ1) is 13.8. The van der Waals surface area contributed by atoms with Crippen LogP contribution in [0.4, 0.5) is 24.8 Å². The van der Waals surface area contributed by atoms with Gasteiger partial charge in [-0.05, 0) is 63.3 Å². The van der Waals surface area contributed by atoms with Gasteiger partial charge in [0.05, 0.1) is 12.2 Å². The molecule has 5 nitrogen and oxygen atoms in total. The third-order valence-electron chi connectivity index (χ3n) is 4.91. The molecule has 158 valence electrons. The van der Waals surface area contributed by atoms with Gasteiger partial charge in [0.15, 0.2) is 0 Å². The van der Waals surface area contributed by atoms with Gasteiger partial charge in [0.2, 0.25) is 11.8 Å². The van der Waals surface area contributed by atoms with Crippen LogP contribution in [0.3, 0.4) is 0 Å². The minimum Gasteiger partial charge on any atom is -0.490 e. The molecule has 1 atom stereocenters. The quantitative estimate of drug-likeness (QED) is 0.596. The number of ether oxygens (including phenoxy) is 2. The molecule has 1 aliphatic rings. The Bertz CT molecular complexity index is 791. The van der Waals surface area contributed by atoms with Crippen LogP contribution in [0.25, 0.3) is 0 Å². The zero-order valence-electron chi connectivity index (χ0n) is 16.6. The predicted octanol–water partition coefficient (Wildman–Crippen LogP) is 6.13. The number of nitrogens with zero attached hydrogens (tertiary/aromatic N) is 2. The molecule has 2 aromatic rings. The van der Waals surface area contributed by atoms with Crippen molar-refractivity contribution >= 4 is 11.6 Å². The molecule has 8 heteroatoms. The number of aromatic nitrogens is 2. The molecule has 1 N–H and O–H groups in total. The van der Waals surface area contributed by atoms with Gasteiger partial charge in [0, 0.05) is 11.9 Å². The Kier molecular flexibility index (Phi) is 6.82. The average Bonchev–Trinajstić information content (AvgIpc) is 2.69. The van der Waals surface area contributed by atoms with Crippen LogP contribution in [0.5, 0.6) is 11.6 Å². The Morgan fingerprint density at radius 2 is 1.83 bits per heavy atom. The van der Waals surface area contributed by atoms with Gasteiger partial charge in [0.1, 0.15) is 11.3 Å². The standard InChI is InChI=1S/C21H26F3N3O2/c1-3-14(2)28-19-18(21(22,23)24)13-25-20(27-19)26-15-9-11-17(12-10-15)29-16-7-5-4-6-8-16/h9-14,16H,3-8H2,1-2H3,(H,25,26,27). The number of nitrogens with one attached hydrogen (secondary N) is 1. The van der Waals surface area contributed by atoms with Gasteiger partial charge in [-0.3, -0.25) is 0 Å². The average molecular weight is 409 g/mol. The Hall–Kier alpha value is -2.51. The summed E-state index contributed by atoms with van der Waals surface area (Å²) in [5.41, 5.74) is -0.338. The molecule has 1 aliphatic carbocycles. The molecule has 1 heterocycles. The Morgan fingerprint density at radius 1 is 1.14 bits per heavy atom. The van der Waals surface area contributed by atoms with E-state index in [-0.39, 0.29) is 12.1 Å². The van der Waals surface area contributed by atoms with Gasteiger partial charge in [-0.15, -0.1) is 0 Å². The van der Waals surface area contributed by atoms with Crippen molar-refractivity contribution in [3.05, 3.63) is 36.0 Å². The number of alkyl halides is 3. The normalized spacial score (nSPS) is 16.3. The Labute approximate surface area is 168 Å². The lowest BCUT2D eigenvalue weighted by Crippen LogP contribution is -2.19. The number of hydrogen-bond donors (Lipinski definition) is 1. The number of hydrogen-bond acceptors (Lipinski definition) is 5. The largest absolute Gasteiger partial charge is 0.490 e. The predicted molar refractivity (Wildman–Crippen MR) is 105 cm³/mol. The van der Waals surface area contributed by atoms with Crippen molar-refractivity contribution in [2.75, 3.05) is 5.32 Å². The second kappa shape index (κ2) is 9.33. The molecule has 1 unspecified atom stereocenters. The first kappa shape index (κ1) is 21.2. The van der Waals surface area contributed by atoms with Gasteiger partial charge in [-0.2, -0.15) is 18.2 Å². The fraction of sp³-hybridized carbons (Fsp3) is 0.524. The second-order valence-electron chi connectivity index (χ2n) is 7.27. The molecule has 0 saturated heterocycles. The molecule has 0 radical (unpaired) electrons. The molecule has 3 rings (SSSR count). The summed E-state index contributed by atoms with van der Waals surface area (Å²) in [4.78, 5) is 7.74. The molecular formula is C21H26F3N3O2. The number of rotatable bonds is 7. The maximum atomic E-state index is 13.2. The van der Waals surface area contributed by atoms with Crippen LogP contribution in [-0.4, -0.2) is 22.2 Å². The Morgan fingerprint density at radius 3 is 2.45 bits per heavy atom. The maximum Gasteiger partial charge on any atom is 0.423 e. The summed E-state index contributed by atoms with van der Waals surface area (Å²) >= 11 is 0. The summed E-state index contributed by atoms with van der Waals surface area (Å²) < 4.78 is 51.0. The fourth-order valence-electron chi connectivity index (χ4n) is 3.11. The van der Waals surface area contributed by atoms with Crippen LogP contribution in [0.1, 0.15) is 57.9 Å². The molecule has 1 fully saturated rings. The van der Waals surface area contributed by atoms with Crippen molar-refractivity contribution < 1.29 is 22.6 Å². The third kappa shape index (κ3) is 5.98. The molecule has 1 aromatic heterocycles. The van der Waals surface area contributed by atoms with E-state index in [1.165, 1.54) is 19.3 Å². The van der Waals surface area contributed by atoms with Crippen molar-refractivity contribution in [1.82, 2.24) is 9.97 Å². The zero-order valence-corrected chi connectivity index (χ0v) is 16.6. The highest BCUT2D eigenvalue weighted by molar-refractivity contribution is 5.55. The van der Waals surface area contributed by atoms with Crippen molar-refractivity contribution in [3.63, 3.8) is 0 Å². The number of anilines is 2. The van der Waals surface area contributed by atoms with E-state index in [0.29, 0.717) is 12.1 Å². The second-order valence-corrected chi connectivity index (χ2v) is 7.27. The van der Waals surface area contributed by atoms with E-state index < -0.39 is 23.7 Å². The van der Waals surface area contributed by atoms with Crippen LogP contribution in [0, 0.1) is 0 Å². The third-order valence-corrected chi connectivity index (χ3v) is 4.91. The smallest absolute Gasteiger partial charge is 0.423 e. The molecule has 0 amide bonds. The van der Waals surface area contributed by atoms with Crippen molar-refractivity contribution in [2.45, 2.75) is 70.8 Å². The first-order valence-electron chi connectivity index (χ1n) is 9.99. The van der Waals surface area contributed by atoms with Crippen LogP contribution in [0.15, 0.2) is 30.5 Å². The Balaban J connectivity index is 1.71. The van der Waals surface area contributed by atoms with Crippen LogP contribution in [0.2, 0.25) is 0 Å². The first-order valence-corrected chi connectivity index (χ1v) is 9.99. The van der Waals surface area contributed by atoms with Crippen LogP contribution in [-0.2, 0) is 6.18 Å². The van der Waals surface area contributed by atoms with Crippen molar-refractivity contribution in [1.29, 1.82) is 0 Å². The molecule has 0 spiro atoms. The highest BCUT2D eigenvalue weighted by atomic mass is 19.4. The molecule has 0 aliphatic heterocycles. The van der Waals surface area contributed by atoms with Gasteiger partial charge in [-0.25, -0.2) is 4.98 Å². The topological polar surface area (TPSA) is 56.3 Å². The summed E-state index contributed by atoms with van der Waals surface area (Å²) in [5, 5.41) is 2.92. The molecule has 1 aromatic carbocycles. The summed E-state index contributed by atoms with van der Waals surface area (Å²) in [5.74, 6) is 0.343. The summed E-state index contributed by atoms with van der Waals surface area (Å²) in [6.45, 7) is 3.52. The van der Waals surface area contributed by atoms with E-state index in [4.69, 9.17) is 9.47 Å². The van der Waals surface area contributed by atoms with Crippen LogP contribution >= 0.6 is 0 Å². The van der Waals surface area contributed by atoms with Crippen molar-refractivity contribution in [3.8, 4) is 11.6 Å². The van der Waals surface area contributed by atoms with E-state index >= 15 is 0 Å². The van der Waals surface area contributed by atoms with Gasteiger partial charge in [0.25, 0.3) is 0 Å². The lowest BCUT2D eigenvalue weighted by molar-refractivity contribution is -0.139. The molecule has 29 heavy (non-hydrogen) atoms. The molecule has 1 saturated carbocycles.